The Morgan fingerprint density at radius 3 is 2.88 bits per heavy atom. The monoisotopic (exact) mass is 398 g/mol. The van der Waals surface area contributed by atoms with Crippen LogP contribution in [0.5, 0.6) is 11.5 Å². The summed E-state index contributed by atoms with van der Waals surface area (Å²) in [5.74, 6) is 1.85. The maximum atomic E-state index is 11.6. The predicted octanol–water partition coefficient (Wildman–Crippen LogP) is 3.35. The highest BCUT2D eigenvalue weighted by molar-refractivity contribution is 9.10. The molecule has 0 aromatic heterocycles. The smallest absolute Gasteiger partial charge is 0.222 e. The number of nitrogens with one attached hydrogen (secondary N) is 1. The van der Waals surface area contributed by atoms with Gasteiger partial charge in [-0.25, -0.2) is 0 Å². The van der Waals surface area contributed by atoms with Crippen LogP contribution in [-0.4, -0.2) is 44.2 Å². The van der Waals surface area contributed by atoms with Crippen molar-refractivity contribution >= 4 is 21.8 Å². The molecule has 1 heterocycles. The van der Waals surface area contributed by atoms with Crippen molar-refractivity contribution in [2.24, 2.45) is 0 Å². The van der Waals surface area contributed by atoms with Gasteiger partial charge in [0.1, 0.15) is 0 Å². The highest BCUT2D eigenvalue weighted by Crippen LogP contribution is 2.35. The zero-order chi connectivity index (χ0) is 17.4. The molecule has 1 aromatic carbocycles. The number of methoxy groups -OCH3 is 1. The third kappa shape index (κ3) is 5.38. The number of hydrogen-bond acceptors (Lipinski definition) is 4. The van der Waals surface area contributed by atoms with E-state index in [1.165, 1.54) is 0 Å². The van der Waals surface area contributed by atoms with Crippen molar-refractivity contribution < 1.29 is 14.3 Å². The number of nitrogens with zero attached hydrogens (tertiary/aromatic N) is 1. The van der Waals surface area contributed by atoms with Gasteiger partial charge in [-0.1, -0.05) is 22.9 Å². The number of halogens is 1. The van der Waals surface area contributed by atoms with Gasteiger partial charge in [0.25, 0.3) is 0 Å². The number of hydrogen-bond donors (Lipinski definition) is 1. The van der Waals surface area contributed by atoms with Gasteiger partial charge < -0.3 is 19.7 Å². The van der Waals surface area contributed by atoms with Crippen molar-refractivity contribution in [3.63, 3.8) is 0 Å². The van der Waals surface area contributed by atoms with Crippen molar-refractivity contribution in [2.75, 3.05) is 33.4 Å². The fourth-order valence-corrected chi connectivity index (χ4v) is 3.32. The van der Waals surface area contributed by atoms with Crippen LogP contribution in [0.1, 0.15) is 38.2 Å². The van der Waals surface area contributed by atoms with E-state index in [0.29, 0.717) is 25.5 Å². The summed E-state index contributed by atoms with van der Waals surface area (Å²) in [6.45, 7) is 6.09. The van der Waals surface area contributed by atoms with Gasteiger partial charge in [0.2, 0.25) is 5.91 Å². The molecule has 134 valence electrons. The molecule has 2 rings (SSSR count). The molecule has 24 heavy (non-hydrogen) atoms. The van der Waals surface area contributed by atoms with Gasteiger partial charge in [0.15, 0.2) is 11.5 Å². The Bertz CT molecular complexity index is 551. The minimum absolute atomic E-state index is 0.293. The zero-order valence-electron chi connectivity index (χ0n) is 14.6. The average molecular weight is 399 g/mol. The average Bonchev–Trinajstić information content (AvgIpc) is 2.98. The lowest BCUT2D eigenvalue weighted by Gasteiger charge is -2.17. The summed E-state index contributed by atoms with van der Waals surface area (Å²) in [5.41, 5.74) is 1.08. The Balaban J connectivity index is 1.86. The highest BCUT2D eigenvalue weighted by atomic mass is 79.9. The first-order chi connectivity index (χ1) is 11.7. The predicted molar refractivity (Wildman–Crippen MR) is 98.6 cm³/mol. The summed E-state index contributed by atoms with van der Waals surface area (Å²) in [7, 11) is 1.66. The van der Waals surface area contributed by atoms with Crippen LogP contribution in [0, 0.1) is 0 Å². The van der Waals surface area contributed by atoms with E-state index in [2.05, 4.69) is 34.2 Å². The molecule has 0 saturated carbocycles. The normalized spacial score (nSPS) is 14.3. The molecule has 1 saturated heterocycles. The van der Waals surface area contributed by atoms with Crippen LogP contribution in [0.3, 0.4) is 0 Å². The third-order valence-electron chi connectivity index (χ3n) is 4.04. The fraction of sp³-hybridized carbons (Fsp3) is 0.611. The number of carbonyl (C=O) groups excluding carboxylic acids is 1. The fourth-order valence-electron chi connectivity index (χ4n) is 2.83. The Morgan fingerprint density at radius 1 is 1.38 bits per heavy atom. The molecule has 0 aliphatic carbocycles. The Kier molecular flexibility index (Phi) is 7.85. The van der Waals surface area contributed by atoms with Crippen LogP contribution < -0.4 is 14.8 Å². The van der Waals surface area contributed by atoms with E-state index >= 15 is 0 Å². The second kappa shape index (κ2) is 9.89. The van der Waals surface area contributed by atoms with Crippen LogP contribution in [0.15, 0.2) is 16.6 Å². The first-order valence-electron chi connectivity index (χ1n) is 8.63. The van der Waals surface area contributed by atoms with Crippen LogP contribution in [0.4, 0.5) is 0 Å². The number of ether oxygens (including phenoxy) is 2. The molecule has 1 aliphatic heterocycles. The van der Waals surface area contributed by atoms with Crippen molar-refractivity contribution in [1.82, 2.24) is 10.2 Å². The Labute approximate surface area is 152 Å². The first kappa shape index (κ1) is 19.1. The lowest BCUT2D eigenvalue weighted by molar-refractivity contribution is -0.127. The van der Waals surface area contributed by atoms with Gasteiger partial charge in [0.05, 0.1) is 13.7 Å². The minimum atomic E-state index is 0.293. The van der Waals surface area contributed by atoms with Crippen molar-refractivity contribution in [1.29, 1.82) is 0 Å². The molecule has 0 spiro atoms. The van der Waals surface area contributed by atoms with Crippen LogP contribution in [-0.2, 0) is 11.3 Å². The van der Waals surface area contributed by atoms with Gasteiger partial charge in [0, 0.05) is 36.1 Å². The summed E-state index contributed by atoms with van der Waals surface area (Å²) in [6.07, 6.45) is 3.63. The van der Waals surface area contributed by atoms with Crippen molar-refractivity contribution in [3.8, 4) is 11.5 Å². The molecule has 1 aromatic rings. The summed E-state index contributed by atoms with van der Waals surface area (Å²) in [5, 5.41) is 3.44. The molecule has 1 amide bonds. The summed E-state index contributed by atoms with van der Waals surface area (Å²) < 4.78 is 12.3. The van der Waals surface area contributed by atoms with Crippen molar-refractivity contribution in [3.05, 3.63) is 22.2 Å². The molecule has 0 unspecified atom stereocenters. The highest BCUT2D eigenvalue weighted by Gasteiger charge is 2.19. The van der Waals surface area contributed by atoms with E-state index in [9.17, 15) is 4.79 Å². The van der Waals surface area contributed by atoms with Crippen LogP contribution >= 0.6 is 15.9 Å². The first-order valence-corrected chi connectivity index (χ1v) is 9.42. The molecule has 5 nitrogen and oxygen atoms in total. The van der Waals surface area contributed by atoms with E-state index in [1.54, 1.807) is 7.11 Å². The quantitative estimate of drug-likeness (QED) is 0.613. The topological polar surface area (TPSA) is 50.8 Å². The Morgan fingerprint density at radius 2 is 2.21 bits per heavy atom. The van der Waals surface area contributed by atoms with Gasteiger partial charge in [-0.2, -0.15) is 0 Å². The number of benzene rings is 1. The number of likely N-dealkylation sites (tertiary alicyclic amines) is 1. The molecule has 0 bridgehead atoms. The standard InChI is InChI=1S/C18H27BrN2O3/c1-3-10-24-18-14(11-15(19)12-16(18)23-2)13-20-7-5-9-21-8-4-6-17(21)22/h11-12,20H,3-10,13H2,1-2H3. The largest absolute Gasteiger partial charge is 0.493 e. The lowest BCUT2D eigenvalue weighted by atomic mass is 10.1. The lowest BCUT2D eigenvalue weighted by Crippen LogP contribution is -2.28. The molecule has 1 fully saturated rings. The summed E-state index contributed by atoms with van der Waals surface area (Å²) >= 11 is 3.52. The molecule has 0 radical (unpaired) electrons. The second-order valence-electron chi connectivity index (χ2n) is 5.96. The molecule has 0 atom stereocenters. The molecular formula is C18H27BrN2O3. The summed E-state index contributed by atoms with van der Waals surface area (Å²) in [4.78, 5) is 13.5. The van der Waals surface area contributed by atoms with Crippen LogP contribution in [0.25, 0.3) is 0 Å². The van der Waals surface area contributed by atoms with E-state index in [1.807, 2.05) is 11.0 Å². The van der Waals surface area contributed by atoms with Crippen molar-refractivity contribution in [2.45, 2.75) is 39.2 Å². The van der Waals surface area contributed by atoms with E-state index in [0.717, 1.165) is 60.4 Å². The number of carbonyl (C=O) groups is 1. The van der Waals surface area contributed by atoms with Crippen LogP contribution in [0.2, 0.25) is 0 Å². The maximum absolute atomic E-state index is 11.6. The second-order valence-corrected chi connectivity index (χ2v) is 6.88. The van der Waals surface area contributed by atoms with E-state index in [-0.39, 0.29) is 0 Å². The molecule has 6 heteroatoms. The van der Waals surface area contributed by atoms with E-state index in [4.69, 9.17) is 9.47 Å². The zero-order valence-corrected chi connectivity index (χ0v) is 16.2. The summed E-state index contributed by atoms with van der Waals surface area (Å²) in [6, 6.07) is 3.98. The molecule has 1 aliphatic rings. The SMILES string of the molecule is CCCOc1c(CNCCCN2CCCC2=O)cc(Br)cc1OC. The minimum Gasteiger partial charge on any atom is -0.493 e. The number of amides is 1. The third-order valence-corrected chi connectivity index (χ3v) is 4.49. The number of rotatable bonds is 10. The van der Waals surface area contributed by atoms with Gasteiger partial charge >= 0.3 is 0 Å². The van der Waals surface area contributed by atoms with E-state index < -0.39 is 0 Å². The van der Waals surface area contributed by atoms with Gasteiger partial charge in [-0.3, -0.25) is 4.79 Å². The Hall–Kier alpha value is -1.27. The maximum Gasteiger partial charge on any atom is 0.222 e. The van der Waals surface area contributed by atoms with Gasteiger partial charge in [-0.05, 0) is 37.9 Å². The molecular weight excluding hydrogens is 372 g/mol. The molecule has 1 N–H and O–H groups in total. The van der Waals surface area contributed by atoms with Gasteiger partial charge in [-0.15, -0.1) is 0 Å².